The Hall–Kier alpha value is -1.16. The van der Waals surface area contributed by atoms with Crippen LogP contribution < -0.4 is 0 Å². The topological polar surface area (TPSA) is 52.6 Å². The minimum absolute atomic E-state index is 0.208. The van der Waals surface area contributed by atoms with Crippen molar-refractivity contribution in [2.24, 2.45) is 11.3 Å². The Balaban J connectivity index is 3.24. The molecule has 1 aliphatic heterocycles. The Labute approximate surface area is 108 Å². The second-order valence-corrected chi connectivity index (χ2v) is 5.56. The summed E-state index contributed by atoms with van der Waals surface area (Å²) in [6.07, 6.45) is 1.87. The predicted octanol–water partition coefficient (Wildman–Crippen LogP) is 2.13. The van der Waals surface area contributed by atoms with E-state index in [4.69, 9.17) is 9.47 Å². The first kappa shape index (κ1) is 14.9. The number of carbonyl (C=O) groups excluding carboxylic acids is 2. The van der Waals surface area contributed by atoms with Crippen molar-refractivity contribution in [3.05, 3.63) is 12.7 Å². The summed E-state index contributed by atoms with van der Waals surface area (Å²) in [7, 11) is 0. The lowest BCUT2D eigenvalue weighted by atomic mass is 9.69. The van der Waals surface area contributed by atoms with Gasteiger partial charge in [0.05, 0.1) is 13.2 Å². The van der Waals surface area contributed by atoms with E-state index in [0.29, 0.717) is 0 Å². The average molecular weight is 254 g/mol. The highest BCUT2D eigenvalue weighted by molar-refractivity contribution is 6.09. The summed E-state index contributed by atoms with van der Waals surface area (Å²) >= 11 is 0. The molecule has 0 N–H and O–H groups in total. The van der Waals surface area contributed by atoms with Crippen LogP contribution in [0.1, 0.15) is 34.1 Å². The van der Waals surface area contributed by atoms with Crippen molar-refractivity contribution in [3.8, 4) is 0 Å². The third-order valence-electron chi connectivity index (χ3n) is 3.26. The van der Waals surface area contributed by atoms with Crippen molar-refractivity contribution in [1.82, 2.24) is 0 Å². The second kappa shape index (κ2) is 5.22. The molecule has 4 heteroatoms. The van der Waals surface area contributed by atoms with E-state index in [9.17, 15) is 9.59 Å². The Morgan fingerprint density at radius 1 is 1.61 bits per heavy atom. The van der Waals surface area contributed by atoms with E-state index < -0.39 is 17.5 Å². The van der Waals surface area contributed by atoms with Gasteiger partial charge in [0.2, 0.25) is 5.60 Å². The number of hydrogen-bond acceptors (Lipinski definition) is 4. The van der Waals surface area contributed by atoms with Crippen molar-refractivity contribution in [2.75, 3.05) is 13.2 Å². The summed E-state index contributed by atoms with van der Waals surface area (Å²) < 4.78 is 10.6. The van der Waals surface area contributed by atoms with Crippen LogP contribution in [0.5, 0.6) is 0 Å². The summed E-state index contributed by atoms with van der Waals surface area (Å²) in [5, 5.41) is 0. The molecule has 2 atom stereocenters. The first-order chi connectivity index (χ1) is 8.30. The zero-order chi connectivity index (χ0) is 14.0. The molecule has 1 fully saturated rings. The van der Waals surface area contributed by atoms with Crippen LogP contribution in [0.3, 0.4) is 0 Å². The number of ketones is 1. The van der Waals surface area contributed by atoms with Crippen LogP contribution in [0.15, 0.2) is 12.7 Å². The number of Topliss-reactive ketones (excluding diaryl/α,β-unsaturated/α-hetero) is 1. The predicted molar refractivity (Wildman–Crippen MR) is 68.1 cm³/mol. The van der Waals surface area contributed by atoms with Gasteiger partial charge < -0.3 is 9.47 Å². The number of carbonyl (C=O) groups is 2. The van der Waals surface area contributed by atoms with Gasteiger partial charge in [0.15, 0.2) is 5.78 Å². The molecule has 1 rings (SSSR count). The van der Waals surface area contributed by atoms with Crippen LogP contribution in [0, 0.1) is 11.3 Å². The van der Waals surface area contributed by atoms with E-state index in [-0.39, 0.29) is 30.8 Å². The lowest BCUT2D eigenvalue weighted by Crippen LogP contribution is -2.55. The molecule has 18 heavy (non-hydrogen) atoms. The normalized spacial score (nSPS) is 25.9. The van der Waals surface area contributed by atoms with Gasteiger partial charge in [0.1, 0.15) is 0 Å². The number of esters is 1. The fraction of sp³-hybridized carbons (Fsp3) is 0.714. The van der Waals surface area contributed by atoms with Gasteiger partial charge in [-0.05, 0) is 12.3 Å². The lowest BCUT2D eigenvalue weighted by molar-refractivity contribution is -0.178. The van der Waals surface area contributed by atoms with Crippen LogP contribution in [0.4, 0.5) is 0 Å². The average Bonchev–Trinajstić information content (AvgIpc) is 2.61. The number of rotatable bonds is 4. The van der Waals surface area contributed by atoms with E-state index in [1.807, 2.05) is 20.8 Å². The first-order valence-corrected chi connectivity index (χ1v) is 6.27. The summed E-state index contributed by atoms with van der Waals surface area (Å²) in [6.45, 7) is 11.8. The summed E-state index contributed by atoms with van der Waals surface area (Å²) in [6, 6.07) is 0. The zero-order valence-corrected chi connectivity index (χ0v) is 11.6. The summed E-state index contributed by atoms with van der Waals surface area (Å²) in [5.74, 6) is -1.20. The highest BCUT2D eigenvalue weighted by Crippen LogP contribution is 2.42. The lowest BCUT2D eigenvalue weighted by Gasteiger charge is -2.39. The Morgan fingerprint density at radius 2 is 2.22 bits per heavy atom. The standard InChI is InChI=1S/C14H22O4/c1-6-10(13(3,4)5)14(12(16)17-7-2)11(15)8-9-18-14/h6,10H,1,7-9H2,2-5H3/t10-,14-/m0/s1. The second-order valence-electron chi connectivity index (χ2n) is 5.56. The quantitative estimate of drug-likeness (QED) is 0.438. The molecule has 0 aromatic heterocycles. The highest BCUT2D eigenvalue weighted by Gasteiger charge is 2.59. The highest BCUT2D eigenvalue weighted by atomic mass is 16.6. The van der Waals surface area contributed by atoms with Crippen molar-refractivity contribution < 1.29 is 19.1 Å². The molecule has 1 saturated heterocycles. The third kappa shape index (κ3) is 2.34. The minimum atomic E-state index is -1.50. The molecule has 1 heterocycles. The van der Waals surface area contributed by atoms with E-state index in [1.165, 1.54) is 0 Å². The molecule has 0 aromatic carbocycles. The SMILES string of the molecule is C=C[C@@H](C(C)(C)C)[C@]1(C(=O)OCC)OCCC1=O. The Morgan fingerprint density at radius 3 is 2.56 bits per heavy atom. The van der Waals surface area contributed by atoms with Gasteiger partial charge >= 0.3 is 5.97 Å². The molecule has 0 radical (unpaired) electrons. The largest absolute Gasteiger partial charge is 0.463 e. The Kier molecular flexibility index (Phi) is 4.32. The molecule has 0 amide bonds. The van der Waals surface area contributed by atoms with E-state index >= 15 is 0 Å². The summed E-state index contributed by atoms with van der Waals surface area (Å²) in [5.41, 5.74) is -1.81. The number of hydrogen-bond donors (Lipinski definition) is 0. The molecular weight excluding hydrogens is 232 g/mol. The molecule has 0 bridgehead atoms. The minimum Gasteiger partial charge on any atom is -0.463 e. The van der Waals surface area contributed by atoms with Crippen molar-refractivity contribution in [2.45, 2.75) is 39.7 Å². The molecule has 0 unspecified atom stereocenters. The maximum absolute atomic E-state index is 12.2. The van der Waals surface area contributed by atoms with Crippen LogP contribution in [0.2, 0.25) is 0 Å². The van der Waals surface area contributed by atoms with Gasteiger partial charge in [-0.1, -0.05) is 26.8 Å². The van der Waals surface area contributed by atoms with Crippen LogP contribution >= 0.6 is 0 Å². The van der Waals surface area contributed by atoms with E-state index in [0.717, 1.165) is 0 Å². The van der Waals surface area contributed by atoms with Gasteiger partial charge in [-0.25, -0.2) is 4.79 Å². The Bertz CT molecular complexity index is 353. The molecule has 102 valence electrons. The fourth-order valence-corrected chi connectivity index (χ4v) is 2.50. The zero-order valence-electron chi connectivity index (χ0n) is 11.6. The molecule has 0 spiro atoms. The van der Waals surface area contributed by atoms with Crippen LogP contribution in [0.25, 0.3) is 0 Å². The fourth-order valence-electron chi connectivity index (χ4n) is 2.50. The van der Waals surface area contributed by atoms with Gasteiger partial charge in [0, 0.05) is 12.3 Å². The van der Waals surface area contributed by atoms with Crippen LogP contribution in [-0.2, 0) is 19.1 Å². The molecule has 0 aromatic rings. The number of ether oxygens (including phenoxy) is 2. The molecule has 0 aliphatic carbocycles. The molecule has 4 nitrogen and oxygen atoms in total. The molecular formula is C14H22O4. The van der Waals surface area contributed by atoms with E-state index in [2.05, 4.69) is 6.58 Å². The van der Waals surface area contributed by atoms with Gasteiger partial charge in [-0.15, -0.1) is 6.58 Å². The monoisotopic (exact) mass is 254 g/mol. The third-order valence-corrected chi connectivity index (χ3v) is 3.26. The van der Waals surface area contributed by atoms with Crippen LogP contribution in [-0.4, -0.2) is 30.6 Å². The van der Waals surface area contributed by atoms with Crippen molar-refractivity contribution in [3.63, 3.8) is 0 Å². The molecule has 1 aliphatic rings. The smallest absolute Gasteiger partial charge is 0.346 e. The first-order valence-electron chi connectivity index (χ1n) is 6.27. The molecule has 0 saturated carbocycles. The van der Waals surface area contributed by atoms with Gasteiger partial charge in [-0.2, -0.15) is 0 Å². The van der Waals surface area contributed by atoms with Gasteiger partial charge in [0.25, 0.3) is 0 Å². The summed E-state index contributed by atoms with van der Waals surface area (Å²) in [4.78, 5) is 24.4. The maximum Gasteiger partial charge on any atom is 0.346 e. The van der Waals surface area contributed by atoms with Crippen molar-refractivity contribution >= 4 is 11.8 Å². The van der Waals surface area contributed by atoms with Gasteiger partial charge in [-0.3, -0.25) is 4.79 Å². The van der Waals surface area contributed by atoms with Crippen molar-refractivity contribution in [1.29, 1.82) is 0 Å². The maximum atomic E-state index is 12.2. The van der Waals surface area contributed by atoms with E-state index in [1.54, 1.807) is 13.0 Å².